The van der Waals surface area contributed by atoms with Gasteiger partial charge in [0, 0.05) is 10.9 Å². The molecule has 15 heavy (non-hydrogen) atoms. The van der Waals surface area contributed by atoms with Crippen LogP contribution in [0.15, 0.2) is 18.3 Å². The molecule has 74 valence electrons. The Morgan fingerprint density at radius 3 is 3.00 bits per heavy atom. The molecular formula is C11H8N2O2. The van der Waals surface area contributed by atoms with Crippen molar-refractivity contribution in [1.29, 1.82) is 0 Å². The largest absolute Gasteiger partial charge is 0.478 e. The zero-order chi connectivity index (χ0) is 10.8. The Labute approximate surface area is 85.9 Å². The number of H-pyrrole nitrogens is 1. The summed E-state index contributed by atoms with van der Waals surface area (Å²) in [5.41, 5.74) is 1.51. The van der Waals surface area contributed by atoms with Crippen molar-refractivity contribution in [1.82, 2.24) is 10.2 Å². The van der Waals surface area contributed by atoms with Gasteiger partial charge in [0.05, 0.1) is 17.3 Å². The molecule has 2 N–H and O–H groups in total. The van der Waals surface area contributed by atoms with Crippen molar-refractivity contribution in [2.75, 3.05) is 0 Å². The van der Waals surface area contributed by atoms with Crippen LogP contribution in [-0.2, 0) is 0 Å². The summed E-state index contributed by atoms with van der Waals surface area (Å²) in [7, 11) is 0. The monoisotopic (exact) mass is 200 g/mol. The number of carboxylic acid groups (broad SMARTS) is 1. The van der Waals surface area contributed by atoms with Gasteiger partial charge in [0.15, 0.2) is 0 Å². The van der Waals surface area contributed by atoms with E-state index in [9.17, 15) is 4.79 Å². The first kappa shape index (κ1) is 9.28. The van der Waals surface area contributed by atoms with Crippen LogP contribution >= 0.6 is 0 Å². The highest BCUT2D eigenvalue weighted by Crippen LogP contribution is 2.19. The minimum absolute atomic E-state index is 0.212. The molecule has 0 aliphatic carbocycles. The van der Waals surface area contributed by atoms with E-state index >= 15 is 0 Å². The van der Waals surface area contributed by atoms with Crippen LogP contribution < -0.4 is 0 Å². The lowest BCUT2D eigenvalue weighted by molar-refractivity contribution is 0.0699. The molecule has 0 fully saturated rings. The zero-order valence-electron chi connectivity index (χ0n) is 8.03. The molecule has 0 aliphatic heterocycles. The van der Waals surface area contributed by atoms with Crippen LogP contribution in [0.3, 0.4) is 0 Å². The minimum Gasteiger partial charge on any atom is -0.478 e. The maximum absolute atomic E-state index is 10.9. The molecular weight excluding hydrogens is 192 g/mol. The second-order valence-corrected chi connectivity index (χ2v) is 3.00. The molecule has 0 atom stereocenters. The average Bonchev–Trinajstić information content (AvgIpc) is 2.66. The van der Waals surface area contributed by atoms with Crippen molar-refractivity contribution in [3.8, 4) is 11.8 Å². The van der Waals surface area contributed by atoms with Gasteiger partial charge in [-0.25, -0.2) is 4.79 Å². The fraction of sp³-hybridized carbons (Fsp3) is 0.0909. The molecule has 1 aromatic heterocycles. The number of nitrogens with zero attached hydrogens (tertiary/aromatic N) is 1. The van der Waals surface area contributed by atoms with Gasteiger partial charge in [-0.1, -0.05) is 5.92 Å². The van der Waals surface area contributed by atoms with E-state index in [1.54, 1.807) is 19.2 Å². The van der Waals surface area contributed by atoms with Crippen molar-refractivity contribution in [2.45, 2.75) is 6.92 Å². The van der Waals surface area contributed by atoms with Crippen molar-refractivity contribution in [3.63, 3.8) is 0 Å². The second-order valence-electron chi connectivity index (χ2n) is 3.00. The summed E-state index contributed by atoms with van der Waals surface area (Å²) >= 11 is 0. The van der Waals surface area contributed by atoms with Crippen LogP contribution in [0.2, 0.25) is 0 Å². The molecule has 0 radical (unpaired) electrons. The lowest BCUT2D eigenvalue weighted by Crippen LogP contribution is -1.97. The fourth-order valence-corrected chi connectivity index (χ4v) is 1.46. The van der Waals surface area contributed by atoms with Gasteiger partial charge in [0.2, 0.25) is 0 Å². The molecule has 0 aliphatic rings. The molecule has 2 rings (SSSR count). The van der Waals surface area contributed by atoms with Gasteiger partial charge in [0.25, 0.3) is 0 Å². The van der Waals surface area contributed by atoms with Crippen molar-refractivity contribution in [2.24, 2.45) is 0 Å². The molecule has 1 heterocycles. The summed E-state index contributed by atoms with van der Waals surface area (Å²) in [6.45, 7) is 1.73. The first-order chi connectivity index (χ1) is 7.24. The standard InChI is InChI=1S/C11H8N2O2/c1-2-3-7-4-5-8(11(14)15)10-9(7)6-12-13-10/h4-6H,1H3,(H,12,13)(H,14,15). The molecule has 1 aromatic carbocycles. The SMILES string of the molecule is CC#Cc1ccc(C(=O)O)c2[nH]ncc12. The topological polar surface area (TPSA) is 66.0 Å². The van der Waals surface area contributed by atoms with E-state index in [0.717, 1.165) is 10.9 Å². The number of rotatable bonds is 1. The molecule has 0 amide bonds. The van der Waals surface area contributed by atoms with Crippen LogP contribution in [0.1, 0.15) is 22.8 Å². The highest BCUT2D eigenvalue weighted by Gasteiger charge is 2.11. The number of aromatic nitrogens is 2. The van der Waals surface area contributed by atoms with Crippen molar-refractivity contribution >= 4 is 16.9 Å². The lowest BCUT2D eigenvalue weighted by atomic mass is 10.1. The van der Waals surface area contributed by atoms with Crippen LogP contribution in [0.25, 0.3) is 10.9 Å². The van der Waals surface area contributed by atoms with Crippen molar-refractivity contribution < 1.29 is 9.90 Å². The number of carboxylic acids is 1. The van der Waals surface area contributed by atoms with E-state index in [0.29, 0.717) is 5.52 Å². The first-order valence-electron chi connectivity index (χ1n) is 4.36. The Morgan fingerprint density at radius 2 is 2.33 bits per heavy atom. The number of nitrogens with one attached hydrogen (secondary N) is 1. The van der Waals surface area contributed by atoms with E-state index in [1.165, 1.54) is 6.07 Å². The summed E-state index contributed by atoms with van der Waals surface area (Å²) in [5.74, 6) is 4.70. The number of hydrogen-bond acceptors (Lipinski definition) is 2. The Morgan fingerprint density at radius 1 is 1.53 bits per heavy atom. The number of fused-ring (bicyclic) bond motifs is 1. The van der Waals surface area contributed by atoms with Gasteiger partial charge in [-0.2, -0.15) is 5.10 Å². The molecule has 0 unspecified atom stereocenters. The number of aromatic amines is 1. The Balaban J connectivity index is 2.80. The summed E-state index contributed by atoms with van der Waals surface area (Å²) in [4.78, 5) is 10.9. The predicted octanol–water partition coefficient (Wildman–Crippen LogP) is 1.63. The Kier molecular flexibility index (Phi) is 2.14. The number of benzene rings is 1. The van der Waals surface area contributed by atoms with Gasteiger partial charge in [-0.05, 0) is 19.1 Å². The lowest BCUT2D eigenvalue weighted by Gasteiger charge is -1.98. The fourth-order valence-electron chi connectivity index (χ4n) is 1.46. The third-order valence-electron chi connectivity index (χ3n) is 2.11. The van der Waals surface area contributed by atoms with Crippen LogP contribution in [0.5, 0.6) is 0 Å². The van der Waals surface area contributed by atoms with E-state index in [-0.39, 0.29) is 5.56 Å². The third kappa shape index (κ3) is 1.44. The highest BCUT2D eigenvalue weighted by atomic mass is 16.4. The molecule has 0 saturated heterocycles. The Bertz CT molecular complexity index is 587. The van der Waals surface area contributed by atoms with E-state index in [4.69, 9.17) is 5.11 Å². The van der Waals surface area contributed by atoms with E-state index in [1.807, 2.05) is 0 Å². The molecule has 4 heteroatoms. The molecule has 2 aromatic rings. The zero-order valence-corrected chi connectivity index (χ0v) is 8.03. The smallest absolute Gasteiger partial charge is 0.337 e. The van der Waals surface area contributed by atoms with Crippen LogP contribution in [0, 0.1) is 11.8 Å². The Hall–Kier alpha value is -2.28. The minimum atomic E-state index is -0.972. The van der Waals surface area contributed by atoms with E-state index < -0.39 is 5.97 Å². The molecule has 0 saturated carbocycles. The van der Waals surface area contributed by atoms with Gasteiger partial charge in [0.1, 0.15) is 0 Å². The molecule has 0 bridgehead atoms. The third-order valence-corrected chi connectivity index (χ3v) is 2.11. The summed E-state index contributed by atoms with van der Waals surface area (Å²) < 4.78 is 0. The van der Waals surface area contributed by atoms with Crippen LogP contribution in [0.4, 0.5) is 0 Å². The van der Waals surface area contributed by atoms with Gasteiger partial charge < -0.3 is 5.11 Å². The van der Waals surface area contributed by atoms with E-state index in [2.05, 4.69) is 22.0 Å². The maximum Gasteiger partial charge on any atom is 0.337 e. The summed E-state index contributed by atoms with van der Waals surface area (Å²) in [6, 6.07) is 3.22. The van der Waals surface area contributed by atoms with Gasteiger partial charge in [-0.15, -0.1) is 5.92 Å². The summed E-state index contributed by atoms with van der Waals surface area (Å²) in [6.07, 6.45) is 1.58. The highest BCUT2D eigenvalue weighted by molar-refractivity contribution is 6.03. The van der Waals surface area contributed by atoms with Crippen molar-refractivity contribution in [3.05, 3.63) is 29.5 Å². The number of hydrogen-bond donors (Lipinski definition) is 2. The predicted molar refractivity (Wildman–Crippen MR) is 55.6 cm³/mol. The number of carbonyl (C=O) groups is 1. The second kappa shape index (κ2) is 3.46. The molecule has 0 spiro atoms. The quantitative estimate of drug-likeness (QED) is 0.687. The van der Waals surface area contributed by atoms with Crippen LogP contribution in [-0.4, -0.2) is 21.3 Å². The number of aromatic carboxylic acids is 1. The maximum atomic E-state index is 10.9. The normalized spacial score (nSPS) is 9.67. The molecule has 4 nitrogen and oxygen atoms in total. The average molecular weight is 200 g/mol. The summed E-state index contributed by atoms with van der Waals surface area (Å²) in [5, 5.41) is 16.2. The first-order valence-corrected chi connectivity index (χ1v) is 4.36. The van der Waals surface area contributed by atoms with Gasteiger partial charge >= 0.3 is 5.97 Å². The van der Waals surface area contributed by atoms with Gasteiger partial charge in [-0.3, -0.25) is 5.10 Å².